The van der Waals surface area contributed by atoms with Crippen molar-refractivity contribution in [2.45, 2.75) is 57.6 Å². The summed E-state index contributed by atoms with van der Waals surface area (Å²) in [5.74, 6) is -6.29. The normalized spacial score (nSPS) is 15.4. The van der Waals surface area contributed by atoms with E-state index in [1.54, 1.807) is 42.7 Å². The zero-order valence-electron chi connectivity index (χ0n) is 21.9. The van der Waals surface area contributed by atoms with Crippen LogP contribution >= 0.6 is 11.6 Å². The number of aromatic carboxylic acids is 1. The fourth-order valence-corrected chi connectivity index (χ4v) is 5.94. The SMILES string of the molecule is CC(C)(Oc1c(F)cc(C(=O)O)cc1F)C(C1CCCCC1)n1c(-c2ccc(Cl)cc2)nc2cc(F)c(F)cc21. The van der Waals surface area contributed by atoms with Crippen LogP contribution in [0, 0.1) is 29.2 Å². The van der Waals surface area contributed by atoms with Gasteiger partial charge in [0.2, 0.25) is 0 Å². The molecule has 1 unspecified atom stereocenters. The summed E-state index contributed by atoms with van der Waals surface area (Å²) in [5.41, 5.74) is -0.733. The van der Waals surface area contributed by atoms with E-state index < -0.39 is 52.2 Å². The average molecular weight is 575 g/mol. The number of carboxylic acid groups (broad SMARTS) is 1. The zero-order chi connectivity index (χ0) is 28.8. The second-order valence-corrected chi connectivity index (χ2v) is 11.1. The lowest BCUT2D eigenvalue weighted by Crippen LogP contribution is -2.44. The topological polar surface area (TPSA) is 64.3 Å². The van der Waals surface area contributed by atoms with E-state index in [1.807, 2.05) is 0 Å². The van der Waals surface area contributed by atoms with E-state index >= 15 is 8.78 Å². The first-order valence-electron chi connectivity index (χ1n) is 13.0. The number of aromatic nitrogens is 2. The Balaban J connectivity index is 1.73. The Hall–Kier alpha value is -3.59. The third-order valence-corrected chi connectivity index (χ3v) is 7.78. The first kappa shape index (κ1) is 28.0. The predicted octanol–water partition coefficient (Wildman–Crippen LogP) is 8.59. The predicted molar refractivity (Wildman–Crippen MR) is 144 cm³/mol. The van der Waals surface area contributed by atoms with Crippen molar-refractivity contribution in [3.8, 4) is 17.1 Å². The van der Waals surface area contributed by atoms with Crippen molar-refractivity contribution in [3.05, 3.63) is 82.4 Å². The molecule has 0 radical (unpaired) electrons. The standard InChI is InChI=1S/C30H27ClF4N2O3/c1-30(2,40-26-22(34)12-18(29(38)39)13-23(26)35)27(16-6-4-3-5-7-16)37-25-15-21(33)20(32)14-24(25)36-28(37)17-8-10-19(31)11-9-17/h8-16,27H,3-7H2,1-2H3,(H,38,39). The molecule has 1 fully saturated rings. The van der Waals surface area contributed by atoms with Crippen LogP contribution in [0.3, 0.4) is 0 Å². The summed E-state index contributed by atoms with van der Waals surface area (Å²) in [6.07, 6.45) is 4.39. The lowest BCUT2D eigenvalue weighted by molar-refractivity contribution is 0.00766. The van der Waals surface area contributed by atoms with Gasteiger partial charge in [-0.15, -0.1) is 0 Å². The maximum Gasteiger partial charge on any atom is 0.335 e. The van der Waals surface area contributed by atoms with E-state index in [9.17, 15) is 18.7 Å². The second kappa shape index (κ2) is 10.8. The molecule has 1 atom stereocenters. The molecular formula is C30H27ClF4N2O3. The molecule has 10 heteroatoms. The summed E-state index contributed by atoms with van der Waals surface area (Å²) in [6, 6.07) is 9.70. The Kier molecular flexibility index (Phi) is 7.52. The van der Waals surface area contributed by atoms with Crippen molar-refractivity contribution in [1.29, 1.82) is 0 Å². The van der Waals surface area contributed by atoms with Crippen LogP contribution in [0.25, 0.3) is 22.4 Å². The van der Waals surface area contributed by atoms with E-state index in [1.165, 1.54) is 0 Å². The van der Waals surface area contributed by atoms with Gasteiger partial charge in [-0.25, -0.2) is 27.3 Å². The number of carboxylic acids is 1. The Morgan fingerprint density at radius 1 is 0.975 bits per heavy atom. The molecule has 0 saturated heterocycles. The molecule has 0 spiro atoms. The molecule has 1 saturated carbocycles. The van der Waals surface area contributed by atoms with Gasteiger partial charge in [-0.1, -0.05) is 30.9 Å². The monoisotopic (exact) mass is 574 g/mol. The van der Waals surface area contributed by atoms with Gasteiger partial charge in [-0.3, -0.25) is 0 Å². The lowest BCUT2D eigenvalue weighted by atomic mass is 9.77. The number of ether oxygens (including phenoxy) is 1. The minimum Gasteiger partial charge on any atom is -0.480 e. The highest BCUT2D eigenvalue weighted by atomic mass is 35.5. The summed E-state index contributed by atoms with van der Waals surface area (Å²) in [7, 11) is 0. The molecule has 1 aromatic heterocycles. The number of nitrogens with zero attached hydrogens (tertiary/aromatic N) is 2. The number of fused-ring (bicyclic) bond motifs is 1. The summed E-state index contributed by atoms with van der Waals surface area (Å²) in [4.78, 5) is 16.0. The average Bonchev–Trinajstić information content (AvgIpc) is 3.24. The van der Waals surface area contributed by atoms with E-state index in [2.05, 4.69) is 4.98 Å². The van der Waals surface area contributed by atoms with Crippen LogP contribution in [0.4, 0.5) is 17.6 Å². The van der Waals surface area contributed by atoms with Crippen molar-refractivity contribution in [2.75, 3.05) is 0 Å². The van der Waals surface area contributed by atoms with Crippen LogP contribution < -0.4 is 4.74 Å². The van der Waals surface area contributed by atoms with Gasteiger partial charge >= 0.3 is 5.97 Å². The Labute approximate surface area is 233 Å². The third kappa shape index (κ3) is 5.27. The van der Waals surface area contributed by atoms with Crippen molar-refractivity contribution in [3.63, 3.8) is 0 Å². The van der Waals surface area contributed by atoms with E-state index in [-0.39, 0.29) is 11.4 Å². The maximum absolute atomic E-state index is 15.0. The summed E-state index contributed by atoms with van der Waals surface area (Å²) in [5, 5.41) is 9.68. The highest BCUT2D eigenvalue weighted by Crippen LogP contribution is 2.45. The molecule has 1 aliphatic carbocycles. The molecular weight excluding hydrogens is 548 g/mol. The van der Waals surface area contributed by atoms with Crippen LogP contribution in [0.5, 0.6) is 5.75 Å². The highest BCUT2D eigenvalue weighted by molar-refractivity contribution is 6.30. The van der Waals surface area contributed by atoms with Crippen molar-refractivity contribution >= 4 is 28.6 Å². The lowest BCUT2D eigenvalue weighted by Gasteiger charge is -2.43. The van der Waals surface area contributed by atoms with Crippen LogP contribution in [-0.2, 0) is 0 Å². The Morgan fingerprint density at radius 3 is 2.17 bits per heavy atom. The number of benzene rings is 3. The summed E-state index contributed by atoms with van der Waals surface area (Å²) < 4.78 is 66.9. The smallest absolute Gasteiger partial charge is 0.335 e. The van der Waals surface area contributed by atoms with Crippen molar-refractivity contribution < 1.29 is 32.2 Å². The minimum atomic E-state index is -1.48. The first-order chi connectivity index (χ1) is 19.0. The molecule has 5 rings (SSSR count). The number of hydrogen-bond acceptors (Lipinski definition) is 3. The van der Waals surface area contributed by atoms with Gasteiger partial charge in [0.05, 0.1) is 22.6 Å². The second-order valence-electron chi connectivity index (χ2n) is 10.7. The van der Waals surface area contributed by atoms with Crippen LogP contribution in [0.15, 0.2) is 48.5 Å². The molecule has 4 aromatic rings. The molecule has 40 heavy (non-hydrogen) atoms. The highest BCUT2D eigenvalue weighted by Gasteiger charge is 2.42. The fraction of sp³-hybridized carbons (Fsp3) is 0.333. The number of rotatable bonds is 7. The van der Waals surface area contributed by atoms with Crippen molar-refractivity contribution in [2.24, 2.45) is 5.92 Å². The van der Waals surface area contributed by atoms with E-state index in [4.69, 9.17) is 16.3 Å². The van der Waals surface area contributed by atoms with E-state index in [0.717, 1.165) is 44.2 Å². The van der Waals surface area contributed by atoms with Gasteiger partial charge < -0.3 is 14.4 Å². The quantitative estimate of drug-likeness (QED) is 0.224. The summed E-state index contributed by atoms with van der Waals surface area (Å²) in [6.45, 7) is 3.35. The molecule has 1 N–H and O–H groups in total. The van der Waals surface area contributed by atoms with Gasteiger partial charge in [-0.2, -0.15) is 0 Å². The Morgan fingerprint density at radius 2 is 1.57 bits per heavy atom. The molecule has 0 amide bonds. The minimum absolute atomic E-state index is 0.0651. The Bertz CT molecular complexity index is 1560. The molecule has 0 aliphatic heterocycles. The van der Waals surface area contributed by atoms with Gasteiger partial charge in [0.1, 0.15) is 11.4 Å². The van der Waals surface area contributed by atoms with Gasteiger partial charge in [-0.05, 0) is 69.0 Å². The van der Waals surface area contributed by atoms with Crippen LogP contribution in [0.2, 0.25) is 5.02 Å². The fourth-order valence-electron chi connectivity index (χ4n) is 5.82. The molecule has 5 nitrogen and oxygen atoms in total. The molecule has 210 valence electrons. The zero-order valence-corrected chi connectivity index (χ0v) is 22.6. The van der Waals surface area contributed by atoms with E-state index in [0.29, 0.717) is 34.1 Å². The van der Waals surface area contributed by atoms with Gasteiger partial charge in [0.15, 0.2) is 29.0 Å². The van der Waals surface area contributed by atoms with Crippen molar-refractivity contribution in [1.82, 2.24) is 9.55 Å². The van der Waals surface area contributed by atoms with Crippen LogP contribution in [0.1, 0.15) is 62.4 Å². The number of carbonyl (C=O) groups is 1. The third-order valence-electron chi connectivity index (χ3n) is 7.53. The number of halogens is 5. The first-order valence-corrected chi connectivity index (χ1v) is 13.4. The maximum atomic E-state index is 15.0. The summed E-state index contributed by atoms with van der Waals surface area (Å²) >= 11 is 6.11. The molecule has 3 aromatic carbocycles. The van der Waals surface area contributed by atoms with Gasteiger partial charge in [0.25, 0.3) is 0 Å². The molecule has 0 bridgehead atoms. The van der Waals surface area contributed by atoms with Gasteiger partial charge in [0, 0.05) is 22.7 Å². The molecule has 1 heterocycles. The largest absolute Gasteiger partial charge is 0.480 e. The number of imidazole rings is 1. The van der Waals surface area contributed by atoms with Crippen LogP contribution in [-0.4, -0.2) is 26.2 Å². The molecule has 1 aliphatic rings. The number of hydrogen-bond donors (Lipinski definition) is 1.